The number of hydrogen-bond acceptors (Lipinski definition) is 4. The first-order valence-electron chi connectivity index (χ1n) is 5.18. The molecule has 0 spiro atoms. The van der Waals surface area contributed by atoms with E-state index in [2.05, 4.69) is 21.2 Å². The predicted molar refractivity (Wildman–Crippen MR) is 73.3 cm³/mol. The minimum absolute atomic E-state index is 0.228. The van der Waals surface area contributed by atoms with Gasteiger partial charge in [0.2, 0.25) is 5.91 Å². The molecule has 5 nitrogen and oxygen atoms in total. The first kappa shape index (κ1) is 15.2. The van der Waals surface area contributed by atoms with E-state index >= 15 is 0 Å². The Balaban J connectivity index is 2.85. The number of carbonyl (C=O) groups is 1. The largest absolute Gasteiger partial charge is 0.398 e. The van der Waals surface area contributed by atoms with Gasteiger partial charge in [-0.2, -0.15) is 0 Å². The maximum Gasteiger partial charge on any atom is 0.235 e. The van der Waals surface area contributed by atoms with Crippen LogP contribution in [0.25, 0.3) is 0 Å². The lowest BCUT2D eigenvalue weighted by Gasteiger charge is -2.22. The molecule has 0 saturated heterocycles. The third-order valence-corrected chi connectivity index (χ3v) is 3.34. The highest BCUT2D eigenvalue weighted by Crippen LogP contribution is 2.25. The number of rotatable bonds is 5. The minimum Gasteiger partial charge on any atom is -0.398 e. The molecule has 0 radical (unpaired) electrons. The average Bonchev–Trinajstić information content (AvgIpc) is 2.38. The van der Waals surface area contributed by atoms with E-state index in [4.69, 9.17) is 17.3 Å². The molecule has 0 fully saturated rings. The molecule has 2 atom stereocenters. The summed E-state index contributed by atoms with van der Waals surface area (Å²) >= 11 is 8.59. The predicted octanol–water partition coefficient (Wildman–Crippen LogP) is 0.781. The van der Waals surface area contributed by atoms with Crippen molar-refractivity contribution in [2.24, 2.45) is 0 Å². The number of hydrogen-bond donors (Lipinski definition) is 4. The van der Waals surface area contributed by atoms with Crippen molar-refractivity contribution in [3.63, 3.8) is 0 Å². The zero-order valence-electron chi connectivity index (χ0n) is 9.44. The molecule has 0 heterocycles. The summed E-state index contributed by atoms with van der Waals surface area (Å²) in [7, 11) is 0. The molecule has 100 valence electrons. The quantitative estimate of drug-likeness (QED) is 0.472. The van der Waals surface area contributed by atoms with Crippen LogP contribution in [0.15, 0.2) is 22.7 Å². The number of amides is 1. The number of halogens is 2. The molecule has 1 aromatic rings. The van der Waals surface area contributed by atoms with Crippen LogP contribution in [0.5, 0.6) is 0 Å². The summed E-state index contributed by atoms with van der Waals surface area (Å²) in [6.07, 6.45) is -1.04. The van der Waals surface area contributed by atoms with E-state index < -0.39 is 24.7 Å². The zero-order chi connectivity index (χ0) is 13.7. The van der Waals surface area contributed by atoms with E-state index in [-0.39, 0.29) is 5.88 Å². The van der Waals surface area contributed by atoms with Crippen LogP contribution < -0.4 is 11.1 Å². The van der Waals surface area contributed by atoms with E-state index in [0.29, 0.717) is 15.7 Å². The van der Waals surface area contributed by atoms with E-state index in [1.165, 1.54) is 0 Å². The molecular formula is C11H14BrClN2O3. The standard InChI is InChI=1S/C11H14BrClN2O3/c12-7-3-6(1-2-8(7)14)11(18)9(5-16)15-10(17)4-13/h1-3,9,11,16,18H,4-5,14H2,(H,15,17). The lowest BCUT2D eigenvalue weighted by Crippen LogP contribution is -2.42. The molecule has 0 aliphatic heterocycles. The number of nitrogens with one attached hydrogen (secondary N) is 1. The van der Waals surface area contributed by atoms with Crippen molar-refractivity contribution in [2.45, 2.75) is 12.1 Å². The highest BCUT2D eigenvalue weighted by molar-refractivity contribution is 9.10. The maximum absolute atomic E-state index is 11.1. The van der Waals surface area contributed by atoms with Crippen LogP contribution in [0.4, 0.5) is 5.69 Å². The normalized spacial score (nSPS) is 14.0. The first-order valence-corrected chi connectivity index (χ1v) is 6.51. The number of anilines is 1. The Hall–Kier alpha value is -0.820. The second-order valence-corrected chi connectivity index (χ2v) is 4.84. The number of nitrogen functional groups attached to an aromatic ring is 1. The molecule has 18 heavy (non-hydrogen) atoms. The number of aliphatic hydroxyl groups excluding tert-OH is 2. The lowest BCUT2D eigenvalue weighted by molar-refractivity contribution is -0.120. The Bertz CT molecular complexity index is 431. The molecule has 0 saturated carbocycles. The summed E-state index contributed by atoms with van der Waals surface area (Å²) in [4.78, 5) is 11.1. The van der Waals surface area contributed by atoms with Crippen LogP contribution in [-0.4, -0.2) is 34.6 Å². The molecule has 1 aromatic carbocycles. The van der Waals surface area contributed by atoms with E-state index in [1.807, 2.05) is 0 Å². The average molecular weight is 338 g/mol. The molecule has 1 rings (SSSR count). The monoisotopic (exact) mass is 336 g/mol. The summed E-state index contributed by atoms with van der Waals surface area (Å²) in [6.45, 7) is -0.397. The van der Waals surface area contributed by atoms with Gasteiger partial charge in [0.1, 0.15) is 12.0 Å². The first-order chi connectivity index (χ1) is 8.49. The topological polar surface area (TPSA) is 95.6 Å². The van der Waals surface area contributed by atoms with Gasteiger partial charge in [-0.25, -0.2) is 0 Å². The van der Waals surface area contributed by atoms with Crippen molar-refractivity contribution < 1.29 is 15.0 Å². The van der Waals surface area contributed by atoms with Crippen molar-refractivity contribution >= 4 is 39.1 Å². The molecule has 1 amide bonds. The molecule has 0 aliphatic carbocycles. The number of carbonyl (C=O) groups excluding carboxylic acids is 1. The summed E-state index contributed by atoms with van der Waals surface area (Å²) in [6, 6.07) is 4.07. The SMILES string of the molecule is Nc1ccc(C(O)C(CO)NC(=O)CCl)cc1Br. The van der Waals surface area contributed by atoms with Gasteiger partial charge >= 0.3 is 0 Å². The minimum atomic E-state index is -1.04. The number of benzene rings is 1. The van der Waals surface area contributed by atoms with E-state index in [9.17, 15) is 15.0 Å². The second kappa shape index (κ2) is 6.94. The lowest BCUT2D eigenvalue weighted by atomic mass is 10.0. The number of nitrogens with two attached hydrogens (primary N) is 1. The smallest absolute Gasteiger partial charge is 0.235 e. The van der Waals surface area contributed by atoms with Gasteiger partial charge < -0.3 is 21.3 Å². The van der Waals surface area contributed by atoms with Crippen LogP contribution in [0.2, 0.25) is 0 Å². The van der Waals surface area contributed by atoms with Crippen LogP contribution >= 0.6 is 27.5 Å². The second-order valence-electron chi connectivity index (χ2n) is 3.72. The van der Waals surface area contributed by atoms with Crippen LogP contribution in [0.1, 0.15) is 11.7 Å². The summed E-state index contributed by atoms with van der Waals surface area (Å²) in [5, 5.41) is 21.7. The Morgan fingerprint density at radius 1 is 1.56 bits per heavy atom. The maximum atomic E-state index is 11.1. The van der Waals surface area contributed by atoms with Crippen LogP contribution in [0, 0.1) is 0 Å². The fraction of sp³-hybridized carbons (Fsp3) is 0.364. The van der Waals surface area contributed by atoms with Crippen molar-refractivity contribution in [3.05, 3.63) is 28.2 Å². The molecule has 7 heteroatoms. The van der Waals surface area contributed by atoms with Gasteiger partial charge in [-0.15, -0.1) is 11.6 Å². The van der Waals surface area contributed by atoms with Crippen LogP contribution in [-0.2, 0) is 4.79 Å². The molecule has 5 N–H and O–H groups in total. The summed E-state index contributed by atoms with van der Waals surface area (Å²) in [5.74, 6) is -0.682. The van der Waals surface area contributed by atoms with Gasteiger partial charge in [0.15, 0.2) is 0 Å². The fourth-order valence-corrected chi connectivity index (χ4v) is 1.90. The van der Waals surface area contributed by atoms with E-state index in [1.54, 1.807) is 18.2 Å². The number of alkyl halides is 1. The van der Waals surface area contributed by atoms with Gasteiger partial charge in [0.25, 0.3) is 0 Å². The highest BCUT2D eigenvalue weighted by atomic mass is 79.9. The van der Waals surface area contributed by atoms with Crippen molar-refractivity contribution in [1.29, 1.82) is 0 Å². The molecule has 2 unspecified atom stereocenters. The third kappa shape index (κ3) is 3.84. The van der Waals surface area contributed by atoms with Gasteiger partial charge in [0, 0.05) is 10.2 Å². The van der Waals surface area contributed by atoms with Gasteiger partial charge in [0.05, 0.1) is 12.6 Å². The van der Waals surface area contributed by atoms with Gasteiger partial charge in [-0.05, 0) is 33.6 Å². The summed E-state index contributed by atoms with van der Waals surface area (Å²) < 4.78 is 0.638. The Morgan fingerprint density at radius 2 is 2.22 bits per heavy atom. The molecule has 0 aromatic heterocycles. The van der Waals surface area contributed by atoms with Crippen molar-refractivity contribution in [3.8, 4) is 0 Å². The Kier molecular flexibility index (Phi) is 5.87. The highest BCUT2D eigenvalue weighted by Gasteiger charge is 2.22. The molecule has 0 aliphatic rings. The summed E-state index contributed by atoms with van der Waals surface area (Å²) in [5.41, 5.74) is 6.71. The molecule has 0 bridgehead atoms. The Labute approximate surface area is 118 Å². The fourth-order valence-electron chi connectivity index (χ4n) is 1.43. The van der Waals surface area contributed by atoms with Gasteiger partial charge in [-0.3, -0.25) is 4.79 Å². The Morgan fingerprint density at radius 3 is 2.72 bits per heavy atom. The van der Waals surface area contributed by atoms with Crippen LogP contribution in [0.3, 0.4) is 0 Å². The van der Waals surface area contributed by atoms with Gasteiger partial charge in [-0.1, -0.05) is 6.07 Å². The zero-order valence-corrected chi connectivity index (χ0v) is 11.8. The molecular weight excluding hydrogens is 323 g/mol. The third-order valence-electron chi connectivity index (χ3n) is 2.41. The number of aliphatic hydroxyl groups is 2. The van der Waals surface area contributed by atoms with E-state index in [0.717, 1.165) is 0 Å². The van der Waals surface area contributed by atoms with Crippen molar-refractivity contribution in [1.82, 2.24) is 5.32 Å². The van der Waals surface area contributed by atoms with Crippen molar-refractivity contribution in [2.75, 3.05) is 18.2 Å².